The molecule has 0 bridgehead atoms. The van der Waals surface area contributed by atoms with Gasteiger partial charge in [0.1, 0.15) is 5.78 Å². The van der Waals surface area contributed by atoms with Gasteiger partial charge in [-0.3, -0.25) is 0 Å². The number of Topliss-reactive ketones (excluding diaryl/α,β-unsaturated/α-hetero) is 1. The van der Waals surface area contributed by atoms with E-state index in [2.05, 4.69) is 0 Å². The third kappa shape index (κ3) is 3.01. The summed E-state index contributed by atoms with van der Waals surface area (Å²) in [5.41, 5.74) is 1.27. The van der Waals surface area contributed by atoms with E-state index in [1.54, 1.807) is 31.2 Å². The van der Waals surface area contributed by atoms with Crippen LogP contribution in [0.1, 0.15) is 29.3 Å². The van der Waals surface area contributed by atoms with Gasteiger partial charge in [-0.2, -0.15) is 0 Å². The summed E-state index contributed by atoms with van der Waals surface area (Å²) < 4.78 is 0. The first kappa shape index (κ1) is 10.4. The number of hydrogen-bond donors (Lipinski definition) is 1. The molecule has 3 nitrogen and oxygen atoms in total. The van der Waals surface area contributed by atoms with Crippen molar-refractivity contribution >= 4 is 11.8 Å². The molecule has 14 heavy (non-hydrogen) atoms. The Kier molecular flexibility index (Phi) is 3.40. The molecule has 1 N–H and O–H groups in total. The van der Waals surface area contributed by atoms with E-state index < -0.39 is 5.97 Å². The highest BCUT2D eigenvalue weighted by Crippen LogP contribution is 2.06. The van der Waals surface area contributed by atoms with Gasteiger partial charge in [0.25, 0.3) is 0 Å². The smallest absolute Gasteiger partial charge is 0.335 e. The molecule has 0 saturated heterocycles. The number of rotatable bonds is 4. The minimum absolute atomic E-state index is 0.146. The average molecular weight is 192 g/mol. The molecule has 1 aromatic rings. The van der Waals surface area contributed by atoms with Crippen molar-refractivity contribution in [2.75, 3.05) is 0 Å². The fourth-order valence-electron chi connectivity index (χ4n) is 1.13. The Balaban J connectivity index is 2.64. The van der Waals surface area contributed by atoms with Gasteiger partial charge in [-0.15, -0.1) is 0 Å². The minimum Gasteiger partial charge on any atom is -0.478 e. The Labute approximate surface area is 82.4 Å². The maximum atomic E-state index is 10.7. The number of ketones is 1. The van der Waals surface area contributed by atoms with Gasteiger partial charge in [-0.25, -0.2) is 4.79 Å². The summed E-state index contributed by atoms with van der Waals surface area (Å²) in [6.45, 7) is 1.55. The summed E-state index contributed by atoms with van der Waals surface area (Å²) in [6.07, 6.45) is 1.18. The van der Waals surface area contributed by atoms with E-state index >= 15 is 0 Å². The summed E-state index contributed by atoms with van der Waals surface area (Å²) in [6, 6.07) is 6.59. The van der Waals surface area contributed by atoms with Crippen molar-refractivity contribution in [1.29, 1.82) is 0 Å². The lowest BCUT2D eigenvalue weighted by atomic mass is 10.1. The van der Waals surface area contributed by atoms with Crippen molar-refractivity contribution in [3.8, 4) is 0 Å². The SMILES string of the molecule is CC(=O)CCc1ccc(C(=O)O)cc1. The lowest BCUT2D eigenvalue weighted by Gasteiger charge is -1.99. The zero-order valence-electron chi connectivity index (χ0n) is 7.99. The molecule has 0 spiro atoms. The molecular formula is C11H12O3. The van der Waals surface area contributed by atoms with Crippen LogP contribution in [0.4, 0.5) is 0 Å². The normalized spacial score (nSPS) is 9.79. The number of carbonyl (C=O) groups is 2. The quantitative estimate of drug-likeness (QED) is 0.792. The van der Waals surface area contributed by atoms with Crippen molar-refractivity contribution in [2.45, 2.75) is 19.8 Å². The van der Waals surface area contributed by atoms with Gasteiger partial charge in [0.05, 0.1) is 5.56 Å². The van der Waals surface area contributed by atoms with Gasteiger partial charge in [-0.05, 0) is 31.0 Å². The topological polar surface area (TPSA) is 54.4 Å². The predicted octanol–water partition coefficient (Wildman–Crippen LogP) is 1.91. The third-order valence-corrected chi connectivity index (χ3v) is 1.97. The Morgan fingerprint density at radius 2 is 1.79 bits per heavy atom. The number of hydrogen-bond acceptors (Lipinski definition) is 2. The zero-order valence-corrected chi connectivity index (χ0v) is 7.99. The molecule has 0 radical (unpaired) electrons. The van der Waals surface area contributed by atoms with Gasteiger partial charge >= 0.3 is 5.97 Å². The second-order valence-corrected chi connectivity index (χ2v) is 3.20. The maximum absolute atomic E-state index is 10.7. The van der Waals surface area contributed by atoms with Crippen molar-refractivity contribution in [2.24, 2.45) is 0 Å². The van der Waals surface area contributed by atoms with Gasteiger partial charge in [0, 0.05) is 6.42 Å². The van der Waals surface area contributed by atoms with Gasteiger partial charge in [-0.1, -0.05) is 12.1 Å². The lowest BCUT2D eigenvalue weighted by Crippen LogP contribution is -1.97. The molecule has 0 heterocycles. The van der Waals surface area contributed by atoms with Crippen LogP contribution in [0.2, 0.25) is 0 Å². The molecule has 0 aliphatic carbocycles. The van der Waals surface area contributed by atoms with Gasteiger partial charge < -0.3 is 9.90 Å². The van der Waals surface area contributed by atoms with E-state index in [0.717, 1.165) is 5.56 Å². The Morgan fingerprint density at radius 1 is 1.21 bits per heavy atom. The number of carboxylic acids is 1. The summed E-state index contributed by atoms with van der Waals surface area (Å²) in [4.78, 5) is 21.2. The Bertz CT molecular complexity index is 338. The lowest BCUT2D eigenvalue weighted by molar-refractivity contribution is -0.116. The van der Waals surface area contributed by atoms with Crippen molar-refractivity contribution in [1.82, 2.24) is 0 Å². The fraction of sp³-hybridized carbons (Fsp3) is 0.273. The molecule has 0 saturated carbocycles. The minimum atomic E-state index is -0.928. The van der Waals surface area contributed by atoms with Crippen LogP contribution in [0.5, 0.6) is 0 Å². The van der Waals surface area contributed by atoms with Crippen molar-refractivity contribution in [3.05, 3.63) is 35.4 Å². The van der Waals surface area contributed by atoms with E-state index in [1.807, 2.05) is 0 Å². The fourth-order valence-corrected chi connectivity index (χ4v) is 1.13. The van der Waals surface area contributed by atoms with Crippen LogP contribution in [0, 0.1) is 0 Å². The first-order valence-electron chi connectivity index (χ1n) is 4.41. The summed E-state index contributed by atoms with van der Waals surface area (Å²) in [7, 11) is 0. The van der Waals surface area contributed by atoms with Crippen LogP contribution in [0.3, 0.4) is 0 Å². The van der Waals surface area contributed by atoms with Crippen LogP contribution in [0.15, 0.2) is 24.3 Å². The first-order valence-corrected chi connectivity index (χ1v) is 4.41. The molecule has 0 aromatic heterocycles. The Morgan fingerprint density at radius 3 is 2.21 bits per heavy atom. The molecular weight excluding hydrogens is 180 g/mol. The second-order valence-electron chi connectivity index (χ2n) is 3.20. The number of carboxylic acid groups (broad SMARTS) is 1. The maximum Gasteiger partial charge on any atom is 0.335 e. The number of aryl methyl sites for hydroxylation is 1. The molecule has 0 aliphatic rings. The summed E-state index contributed by atoms with van der Waals surface area (Å²) >= 11 is 0. The molecule has 0 amide bonds. The van der Waals surface area contributed by atoms with Crippen LogP contribution in [-0.2, 0) is 11.2 Å². The van der Waals surface area contributed by atoms with Gasteiger partial charge in [0.2, 0.25) is 0 Å². The van der Waals surface area contributed by atoms with E-state index in [4.69, 9.17) is 5.11 Å². The molecule has 0 atom stereocenters. The molecule has 3 heteroatoms. The van der Waals surface area contributed by atoms with Gasteiger partial charge in [0.15, 0.2) is 0 Å². The van der Waals surface area contributed by atoms with Crippen LogP contribution >= 0.6 is 0 Å². The molecule has 0 unspecified atom stereocenters. The molecule has 0 aliphatic heterocycles. The number of benzene rings is 1. The summed E-state index contributed by atoms with van der Waals surface area (Å²) in [5, 5.41) is 8.64. The van der Waals surface area contributed by atoms with E-state index in [0.29, 0.717) is 12.8 Å². The van der Waals surface area contributed by atoms with Crippen molar-refractivity contribution < 1.29 is 14.7 Å². The highest BCUT2D eigenvalue weighted by Gasteiger charge is 2.02. The van der Waals surface area contributed by atoms with Crippen molar-refractivity contribution in [3.63, 3.8) is 0 Å². The van der Waals surface area contributed by atoms with E-state index in [1.165, 1.54) is 0 Å². The molecule has 74 valence electrons. The van der Waals surface area contributed by atoms with Crippen LogP contribution < -0.4 is 0 Å². The Hall–Kier alpha value is -1.64. The molecule has 0 fully saturated rings. The van der Waals surface area contributed by atoms with E-state index in [-0.39, 0.29) is 11.3 Å². The monoisotopic (exact) mass is 192 g/mol. The third-order valence-electron chi connectivity index (χ3n) is 1.97. The predicted molar refractivity (Wildman–Crippen MR) is 52.4 cm³/mol. The molecule has 1 rings (SSSR count). The highest BCUT2D eigenvalue weighted by atomic mass is 16.4. The summed E-state index contributed by atoms with van der Waals surface area (Å²) in [5.74, 6) is -0.782. The standard InChI is InChI=1S/C11H12O3/c1-8(12)2-3-9-4-6-10(7-5-9)11(13)14/h4-7H,2-3H2,1H3,(H,13,14). The largest absolute Gasteiger partial charge is 0.478 e. The number of aromatic carboxylic acids is 1. The van der Waals surface area contributed by atoms with E-state index in [9.17, 15) is 9.59 Å². The first-order chi connectivity index (χ1) is 6.59. The molecule has 1 aromatic carbocycles. The van der Waals surface area contributed by atoms with Crippen LogP contribution in [-0.4, -0.2) is 16.9 Å². The number of carbonyl (C=O) groups excluding carboxylic acids is 1. The zero-order chi connectivity index (χ0) is 10.6. The second kappa shape index (κ2) is 4.56. The van der Waals surface area contributed by atoms with Crippen LogP contribution in [0.25, 0.3) is 0 Å². The highest BCUT2D eigenvalue weighted by molar-refractivity contribution is 5.87. The average Bonchev–Trinajstić information content (AvgIpc) is 2.15.